The van der Waals surface area contributed by atoms with Gasteiger partial charge in [-0.3, -0.25) is 14.8 Å². The van der Waals surface area contributed by atoms with E-state index in [0.717, 1.165) is 22.4 Å². The average molecular weight is 296 g/mol. The molecular weight excluding hydrogens is 280 g/mol. The van der Waals surface area contributed by atoms with Crippen LogP contribution in [0.1, 0.15) is 34.3 Å². The molecule has 22 heavy (non-hydrogen) atoms. The number of amides is 2. The predicted octanol–water partition coefficient (Wildman–Crippen LogP) is 2.46. The Labute approximate surface area is 128 Å². The van der Waals surface area contributed by atoms with Crippen LogP contribution in [0.3, 0.4) is 0 Å². The summed E-state index contributed by atoms with van der Waals surface area (Å²) in [7, 11) is 0. The second kappa shape index (κ2) is 5.61. The maximum absolute atomic E-state index is 12.4. The zero-order chi connectivity index (χ0) is 15.7. The van der Waals surface area contributed by atoms with E-state index in [1.165, 1.54) is 0 Å². The minimum atomic E-state index is -0.461. The summed E-state index contributed by atoms with van der Waals surface area (Å²) in [5.74, 6) is -0.924. The summed E-state index contributed by atoms with van der Waals surface area (Å²) in [6.07, 6.45) is 0. The van der Waals surface area contributed by atoms with Crippen LogP contribution in [0.2, 0.25) is 0 Å². The molecule has 2 amide bonds. The van der Waals surface area contributed by atoms with Crippen molar-refractivity contribution in [3.05, 3.63) is 65.2 Å². The Kier molecular flexibility index (Phi) is 3.65. The highest BCUT2D eigenvalue weighted by Gasteiger charge is 2.28. The third-order valence-electron chi connectivity index (χ3n) is 4.03. The second-order valence-electron chi connectivity index (χ2n) is 5.34. The summed E-state index contributed by atoms with van der Waals surface area (Å²) in [5.41, 5.74) is 4.97. The van der Waals surface area contributed by atoms with Gasteiger partial charge >= 0.3 is 0 Å². The standard InChI is InChI=1S/C17H16N2O3/c1-11(16(20)18-22)12-6-8-14(9-7-12)19-10-13-4-2-3-5-15(13)17(19)21/h2-9,11,22H,10H2,1H3,(H,18,20). The zero-order valence-corrected chi connectivity index (χ0v) is 12.1. The van der Waals surface area contributed by atoms with Gasteiger partial charge in [0.1, 0.15) is 0 Å². The molecule has 1 heterocycles. The van der Waals surface area contributed by atoms with E-state index in [1.54, 1.807) is 29.4 Å². The van der Waals surface area contributed by atoms with E-state index in [2.05, 4.69) is 0 Å². The Morgan fingerprint density at radius 3 is 2.50 bits per heavy atom. The molecule has 2 N–H and O–H groups in total. The molecule has 0 saturated heterocycles. The van der Waals surface area contributed by atoms with Crippen molar-refractivity contribution in [1.82, 2.24) is 5.48 Å². The summed E-state index contributed by atoms with van der Waals surface area (Å²) in [6, 6.07) is 14.8. The van der Waals surface area contributed by atoms with Crippen molar-refractivity contribution in [3.63, 3.8) is 0 Å². The third kappa shape index (κ3) is 2.35. The zero-order valence-electron chi connectivity index (χ0n) is 12.1. The van der Waals surface area contributed by atoms with Gasteiger partial charge < -0.3 is 4.90 Å². The maximum Gasteiger partial charge on any atom is 0.258 e. The van der Waals surface area contributed by atoms with Crippen molar-refractivity contribution in [2.45, 2.75) is 19.4 Å². The number of nitrogens with zero attached hydrogens (tertiary/aromatic N) is 1. The van der Waals surface area contributed by atoms with Crippen molar-refractivity contribution in [3.8, 4) is 0 Å². The lowest BCUT2D eigenvalue weighted by molar-refractivity contribution is -0.130. The first-order valence-electron chi connectivity index (χ1n) is 7.05. The van der Waals surface area contributed by atoms with Crippen LogP contribution in [0.15, 0.2) is 48.5 Å². The number of hydrogen-bond donors (Lipinski definition) is 2. The lowest BCUT2D eigenvalue weighted by atomic mass is 10.0. The van der Waals surface area contributed by atoms with Crippen LogP contribution in [0.4, 0.5) is 5.69 Å². The molecule has 5 nitrogen and oxygen atoms in total. The number of carbonyl (C=O) groups excluding carboxylic acids is 2. The number of nitrogens with one attached hydrogen (secondary N) is 1. The Morgan fingerprint density at radius 2 is 1.86 bits per heavy atom. The van der Waals surface area contributed by atoms with Crippen molar-refractivity contribution in [2.75, 3.05) is 4.90 Å². The largest absolute Gasteiger partial charge is 0.304 e. The van der Waals surface area contributed by atoms with Crippen LogP contribution in [-0.2, 0) is 11.3 Å². The molecule has 0 aromatic heterocycles. The highest BCUT2D eigenvalue weighted by Crippen LogP contribution is 2.29. The van der Waals surface area contributed by atoms with Crippen LogP contribution in [-0.4, -0.2) is 17.0 Å². The van der Waals surface area contributed by atoms with Gasteiger partial charge in [0.05, 0.1) is 12.5 Å². The molecule has 2 aromatic carbocycles. The monoisotopic (exact) mass is 296 g/mol. The molecule has 0 bridgehead atoms. The SMILES string of the molecule is CC(C(=O)NO)c1ccc(N2Cc3ccccc3C2=O)cc1. The summed E-state index contributed by atoms with van der Waals surface area (Å²) < 4.78 is 0. The van der Waals surface area contributed by atoms with Crippen molar-refractivity contribution in [1.29, 1.82) is 0 Å². The fraction of sp³-hybridized carbons (Fsp3) is 0.176. The normalized spacial score (nSPS) is 14.6. The number of hydroxylamine groups is 1. The minimum absolute atomic E-state index is 0.00972. The fourth-order valence-electron chi connectivity index (χ4n) is 2.65. The first kappa shape index (κ1) is 14.3. The molecule has 0 saturated carbocycles. The van der Waals surface area contributed by atoms with Crippen molar-refractivity contribution >= 4 is 17.5 Å². The summed E-state index contributed by atoms with van der Waals surface area (Å²) in [6.45, 7) is 2.26. The molecule has 112 valence electrons. The lowest BCUT2D eigenvalue weighted by Crippen LogP contribution is -2.25. The van der Waals surface area contributed by atoms with E-state index < -0.39 is 11.8 Å². The molecule has 0 spiro atoms. The highest BCUT2D eigenvalue weighted by atomic mass is 16.5. The molecule has 1 unspecified atom stereocenters. The summed E-state index contributed by atoms with van der Waals surface area (Å²) >= 11 is 0. The van der Waals surface area contributed by atoms with Crippen molar-refractivity contribution < 1.29 is 14.8 Å². The number of anilines is 1. The van der Waals surface area contributed by atoms with Gasteiger partial charge in [-0.1, -0.05) is 30.3 Å². The Morgan fingerprint density at radius 1 is 1.18 bits per heavy atom. The van der Waals surface area contributed by atoms with E-state index in [9.17, 15) is 9.59 Å². The van der Waals surface area contributed by atoms with Crippen LogP contribution in [0, 0.1) is 0 Å². The topological polar surface area (TPSA) is 69.6 Å². The van der Waals surface area contributed by atoms with Crippen LogP contribution >= 0.6 is 0 Å². The van der Waals surface area contributed by atoms with Crippen LogP contribution in [0.25, 0.3) is 0 Å². The second-order valence-corrected chi connectivity index (χ2v) is 5.34. The van der Waals surface area contributed by atoms with Gasteiger partial charge in [0.2, 0.25) is 0 Å². The van der Waals surface area contributed by atoms with Crippen LogP contribution in [0.5, 0.6) is 0 Å². The summed E-state index contributed by atoms with van der Waals surface area (Å²) in [5, 5.41) is 8.68. The quantitative estimate of drug-likeness (QED) is 0.675. The van der Waals surface area contributed by atoms with Gasteiger partial charge in [-0.25, -0.2) is 5.48 Å². The van der Waals surface area contributed by atoms with E-state index in [1.807, 2.05) is 36.4 Å². The van der Waals surface area contributed by atoms with Gasteiger partial charge in [0.15, 0.2) is 0 Å². The number of rotatable bonds is 3. The van der Waals surface area contributed by atoms with Crippen LogP contribution < -0.4 is 10.4 Å². The molecule has 5 heteroatoms. The molecule has 1 atom stereocenters. The van der Waals surface area contributed by atoms with E-state index in [0.29, 0.717) is 6.54 Å². The highest BCUT2D eigenvalue weighted by molar-refractivity contribution is 6.09. The average Bonchev–Trinajstić information content (AvgIpc) is 2.91. The lowest BCUT2D eigenvalue weighted by Gasteiger charge is -2.17. The minimum Gasteiger partial charge on any atom is -0.304 e. The number of fused-ring (bicyclic) bond motifs is 1. The fourth-order valence-corrected chi connectivity index (χ4v) is 2.65. The molecular formula is C17H16N2O3. The Bertz CT molecular complexity index is 725. The van der Waals surface area contributed by atoms with E-state index in [-0.39, 0.29) is 5.91 Å². The van der Waals surface area contributed by atoms with E-state index in [4.69, 9.17) is 5.21 Å². The first-order valence-corrected chi connectivity index (χ1v) is 7.05. The molecule has 1 aliphatic rings. The van der Waals surface area contributed by atoms with Crippen molar-refractivity contribution in [2.24, 2.45) is 0 Å². The van der Waals surface area contributed by atoms with Gasteiger partial charge in [0, 0.05) is 11.3 Å². The predicted molar refractivity (Wildman–Crippen MR) is 81.7 cm³/mol. The molecule has 0 aliphatic carbocycles. The van der Waals surface area contributed by atoms with Gasteiger partial charge in [-0.2, -0.15) is 0 Å². The van der Waals surface area contributed by atoms with Gasteiger partial charge in [-0.05, 0) is 36.2 Å². The smallest absolute Gasteiger partial charge is 0.258 e. The van der Waals surface area contributed by atoms with Gasteiger partial charge in [-0.15, -0.1) is 0 Å². The molecule has 3 rings (SSSR count). The maximum atomic E-state index is 12.4. The number of hydrogen-bond acceptors (Lipinski definition) is 3. The number of benzene rings is 2. The molecule has 2 aromatic rings. The third-order valence-corrected chi connectivity index (χ3v) is 4.03. The molecule has 1 aliphatic heterocycles. The van der Waals surface area contributed by atoms with E-state index >= 15 is 0 Å². The Hall–Kier alpha value is -2.66. The summed E-state index contributed by atoms with van der Waals surface area (Å²) in [4.78, 5) is 25.5. The molecule has 0 radical (unpaired) electrons. The molecule has 0 fully saturated rings. The van der Waals surface area contributed by atoms with Gasteiger partial charge in [0.25, 0.3) is 11.8 Å². The Balaban J connectivity index is 1.83. The number of carbonyl (C=O) groups is 2. The first-order chi connectivity index (χ1) is 10.6.